The Morgan fingerprint density at radius 1 is 1.35 bits per heavy atom. The molecule has 0 N–H and O–H groups in total. The largest absolute Gasteiger partial charge is 0.287 e. The molecule has 0 aliphatic heterocycles. The third-order valence-corrected chi connectivity index (χ3v) is 2.58. The molecule has 2 aromatic heterocycles. The zero-order chi connectivity index (χ0) is 12.4. The van der Waals surface area contributed by atoms with Gasteiger partial charge in [-0.15, -0.1) is 0 Å². The Labute approximate surface area is 103 Å². The summed E-state index contributed by atoms with van der Waals surface area (Å²) < 4.78 is 1.60. The number of aromatic nitrogens is 4. The van der Waals surface area contributed by atoms with E-state index in [-0.39, 0.29) is 11.8 Å². The molecule has 6 heteroatoms. The first-order valence-electron chi connectivity index (χ1n) is 5.15. The summed E-state index contributed by atoms with van der Waals surface area (Å²) in [7, 11) is 0. The van der Waals surface area contributed by atoms with Crippen molar-refractivity contribution in [2.75, 3.05) is 0 Å². The molecule has 0 bridgehead atoms. The van der Waals surface area contributed by atoms with E-state index in [2.05, 4.69) is 15.3 Å². The van der Waals surface area contributed by atoms with Gasteiger partial charge in [0.1, 0.15) is 5.69 Å². The summed E-state index contributed by atoms with van der Waals surface area (Å²) in [5, 5.41) is 11.7. The van der Waals surface area contributed by atoms with Gasteiger partial charge in [-0.25, -0.2) is 0 Å². The number of carbonyl (C=O) groups is 1. The van der Waals surface area contributed by atoms with Crippen LogP contribution >= 0.6 is 11.6 Å². The van der Waals surface area contributed by atoms with E-state index in [1.54, 1.807) is 10.7 Å². The first-order valence-corrected chi connectivity index (χ1v) is 5.53. The maximum absolute atomic E-state index is 12.2. The minimum absolute atomic E-state index is 0.0660. The zero-order valence-electron chi connectivity index (χ0n) is 9.46. The highest BCUT2D eigenvalue weighted by atomic mass is 35.5. The van der Waals surface area contributed by atoms with E-state index in [1.165, 1.54) is 18.6 Å². The van der Waals surface area contributed by atoms with Gasteiger partial charge in [-0.2, -0.15) is 15.3 Å². The molecule has 2 rings (SSSR count). The standard InChI is InChI=1S/C11H11ClN4O/c1-7(2)16-10(9(12)6-15-16)11(17)8-3-4-13-14-5-8/h3-7H,1-2H3. The summed E-state index contributed by atoms with van der Waals surface area (Å²) in [5.41, 5.74) is 0.832. The summed E-state index contributed by atoms with van der Waals surface area (Å²) in [6, 6.07) is 1.67. The minimum Gasteiger partial charge on any atom is -0.287 e. The van der Waals surface area contributed by atoms with Crippen LogP contribution in [0.1, 0.15) is 35.9 Å². The van der Waals surface area contributed by atoms with Gasteiger partial charge in [-0.1, -0.05) is 11.6 Å². The van der Waals surface area contributed by atoms with Gasteiger partial charge in [0.25, 0.3) is 0 Å². The molecule has 0 aromatic carbocycles. The summed E-state index contributed by atoms with van der Waals surface area (Å²) in [5.74, 6) is -0.198. The van der Waals surface area contributed by atoms with Crippen LogP contribution in [-0.4, -0.2) is 25.8 Å². The molecule has 17 heavy (non-hydrogen) atoms. The highest BCUT2D eigenvalue weighted by Gasteiger charge is 2.20. The maximum atomic E-state index is 12.2. The fourth-order valence-electron chi connectivity index (χ4n) is 1.51. The number of carbonyl (C=O) groups excluding carboxylic acids is 1. The Morgan fingerprint density at radius 2 is 2.12 bits per heavy atom. The molecular weight excluding hydrogens is 240 g/mol. The summed E-state index contributed by atoms with van der Waals surface area (Å²) in [6.45, 7) is 3.87. The highest BCUT2D eigenvalue weighted by Crippen LogP contribution is 2.21. The van der Waals surface area contributed by atoms with Crippen LogP contribution in [0.4, 0.5) is 0 Å². The predicted octanol–water partition coefficient (Wildman–Crippen LogP) is 2.14. The first-order chi connectivity index (χ1) is 8.11. The van der Waals surface area contributed by atoms with E-state index >= 15 is 0 Å². The lowest BCUT2D eigenvalue weighted by Gasteiger charge is -2.10. The fraction of sp³-hybridized carbons (Fsp3) is 0.273. The molecule has 0 fully saturated rings. The molecule has 5 nitrogen and oxygen atoms in total. The van der Waals surface area contributed by atoms with Gasteiger partial charge in [0.15, 0.2) is 0 Å². The van der Waals surface area contributed by atoms with Crippen molar-refractivity contribution in [3.63, 3.8) is 0 Å². The molecule has 0 spiro atoms. The number of rotatable bonds is 3. The molecule has 0 atom stereocenters. The summed E-state index contributed by atoms with van der Waals surface area (Å²) in [4.78, 5) is 12.2. The molecule has 0 unspecified atom stereocenters. The number of hydrogen-bond donors (Lipinski definition) is 0. The van der Waals surface area contributed by atoms with E-state index in [0.717, 1.165) is 0 Å². The molecule has 0 saturated carbocycles. The number of ketones is 1. The van der Waals surface area contributed by atoms with Gasteiger partial charge in [0, 0.05) is 11.6 Å². The number of nitrogens with zero attached hydrogens (tertiary/aromatic N) is 4. The van der Waals surface area contributed by atoms with Crippen molar-refractivity contribution >= 4 is 17.4 Å². The summed E-state index contributed by atoms with van der Waals surface area (Å²) >= 11 is 5.99. The smallest absolute Gasteiger partial charge is 0.214 e. The van der Waals surface area contributed by atoms with Crippen molar-refractivity contribution in [3.8, 4) is 0 Å². The second kappa shape index (κ2) is 4.63. The molecule has 0 saturated heterocycles. The Hall–Kier alpha value is -1.75. The van der Waals surface area contributed by atoms with Crippen LogP contribution in [0.2, 0.25) is 5.02 Å². The monoisotopic (exact) mass is 250 g/mol. The van der Waals surface area contributed by atoms with Crippen molar-refractivity contribution in [2.24, 2.45) is 0 Å². The Bertz CT molecular complexity index is 536. The molecule has 0 radical (unpaired) electrons. The Balaban J connectivity index is 2.48. The molecular formula is C11H11ClN4O. The van der Waals surface area contributed by atoms with Crippen molar-refractivity contribution in [1.29, 1.82) is 0 Å². The van der Waals surface area contributed by atoms with Crippen LogP contribution in [0, 0.1) is 0 Å². The van der Waals surface area contributed by atoms with Crippen LogP contribution < -0.4 is 0 Å². The predicted molar refractivity (Wildman–Crippen MR) is 63.1 cm³/mol. The average molecular weight is 251 g/mol. The number of hydrogen-bond acceptors (Lipinski definition) is 4. The zero-order valence-corrected chi connectivity index (χ0v) is 10.2. The lowest BCUT2D eigenvalue weighted by Crippen LogP contribution is -2.14. The van der Waals surface area contributed by atoms with E-state index in [9.17, 15) is 4.79 Å². The van der Waals surface area contributed by atoms with Crippen molar-refractivity contribution in [1.82, 2.24) is 20.0 Å². The van der Waals surface area contributed by atoms with Crippen LogP contribution in [0.5, 0.6) is 0 Å². The van der Waals surface area contributed by atoms with E-state index in [0.29, 0.717) is 16.3 Å². The Morgan fingerprint density at radius 3 is 2.71 bits per heavy atom. The van der Waals surface area contributed by atoms with Gasteiger partial charge < -0.3 is 0 Å². The molecule has 2 aromatic rings. The highest BCUT2D eigenvalue weighted by molar-refractivity contribution is 6.34. The van der Waals surface area contributed by atoms with Gasteiger partial charge in [0.2, 0.25) is 5.78 Å². The van der Waals surface area contributed by atoms with Gasteiger partial charge in [0.05, 0.1) is 23.6 Å². The Kier molecular flexibility index (Phi) is 3.19. The van der Waals surface area contributed by atoms with Crippen molar-refractivity contribution in [2.45, 2.75) is 19.9 Å². The lowest BCUT2D eigenvalue weighted by atomic mass is 10.1. The second-order valence-electron chi connectivity index (χ2n) is 3.84. The third-order valence-electron chi connectivity index (χ3n) is 2.30. The molecule has 2 heterocycles. The van der Waals surface area contributed by atoms with Crippen LogP contribution in [-0.2, 0) is 0 Å². The molecule has 88 valence electrons. The maximum Gasteiger partial charge on any atom is 0.214 e. The SMILES string of the molecule is CC(C)n1ncc(Cl)c1C(=O)c1ccnnc1. The van der Waals surface area contributed by atoms with Gasteiger partial charge in [-0.05, 0) is 19.9 Å². The van der Waals surface area contributed by atoms with E-state index in [4.69, 9.17) is 11.6 Å². The molecule has 0 aliphatic rings. The lowest BCUT2D eigenvalue weighted by molar-refractivity contribution is 0.102. The van der Waals surface area contributed by atoms with E-state index < -0.39 is 0 Å². The van der Waals surface area contributed by atoms with Gasteiger partial charge in [-0.3, -0.25) is 9.48 Å². The molecule has 0 aliphatic carbocycles. The van der Waals surface area contributed by atoms with Crippen molar-refractivity contribution < 1.29 is 4.79 Å². The van der Waals surface area contributed by atoms with Crippen LogP contribution in [0.25, 0.3) is 0 Å². The van der Waals surface area contributed by atoms with Crippen LogP contribution in [0.3, 0.4) is 0 Å². The first kappa shape index (κ1) is 11.7. The number of halogens is 1. The summed E-state index contributed by atoms with van der Waals surface area (Å²) in [6.07, 6.45) is 4.36. The fourth-order valence-corrected chi connectivity index (χ4v) is 1.72. The topological polar surface area (TPSA) is 60.7 Å². The normalized spacial score (nSPS) is 10.8. The van der Waals surface area contributed by atoms with Gasteiger partial charge >= 0.3 is 0 Å². The van der Waals surface area contributed by atoms with Crippen LogP contribution in [0.15, 0.2) is 24.7 Å². The minimum atomic E-state index is -0.198. The quantitative estimate of drug-likeness (QED) is 0.783. The van der Waals surface area contributed by atoms with Crippen molar-refractivity contribution in [3.05, 3.63) is 40.9 Å². The average Bonchev–Trinajstić information content (AvgIpc) is 2.71. The third kappa shape index (κ3) is 2.19. The van der Waals surface area contributed by atoms with E-state index in [1.807, 2.05) is 13.8 Å². The molecule has 0 amide bonds. The second-order valence-corrected chi connectivity index (χ2v) is 4.25.